The van der Waals surface area contributed by atoms with E-state index in [1.54, 1.807) is 6.92 Å². The van der Waals surface area contributed by atoms with E-state index in [4.69, 9.17) is 9.84 Å². The van der Waals surface area contributed by atoms with Gasteiger partial charge in [-0.1, -0.05) is 29.8 Å². The number of amides is 1. The highest BCUT2D eigenvalue weighted by Crippen LogP contribution is 2.36. The molecule has 1 amide bonds. The Hall–Kier alpha value is -2.22. The van der Waals surface area contributed by atoms with Gasteiger partial charge in [-0.2, -0.15) is 0 Å². The molecule has 7 heteroatoms. The second kappa shape index (κ2) is 10.1. The van der Waals surface area contributed by atoms with E-state index in [1.165, 1.54) is 11.3 Å². The van der Waals surface area contributed by atoms with Crippen molar-refractivity contribution < 1.29 is 24.7 Å². The monoisotopic (exact) mass is 377 g/mol. The van der Waals surface area contributed by atoms with Crippen molar-refractivity contribution in [1.82, 2.24) is 0 Å². The van der Waals surface area contributed by atoms with Gasteiger partial charge in [0.15, 0.2) is 6.54 Å². The van der Waals surface area contributed by atoms with Crippen LogP contribution in [0.5, 0.6) is 0 Å². The van der Waals surface area contributed by atoms with Crippen LogP contribution in [-0.2, 0) is 9.53 Å². The molecular formula is C19H25N2O4S+. The Kier molecular flexibility index (Phi) is 7.77. The fourth-order valence-electron chi connectivity index (χ4n) is 2.45. The Labute approximate surface area is 157 Å². The number of carbonyl (C=O) groups excluding carboxylic acids is 2. The Morgan fingerprint density at radius 1 is 1.27 bits per heavy atom. The van der Waals surface area contributed by atoms with Gasteiger partial charge < -0.3 is 20.5 Å². The van der Waals surface area contributed by atoms with E-state index in [1.807, 2.05) is 41.9 Å². The van der Waals surface area contributed by atoms with Gasteiger partial charge in [-0.05, 0) is 19.4 Å². The molecule has 6 nitrogen and oxygen atoms in total. The SMILES string of the molecule is CCOC(=O)c1c(-c2ccc(C)cc2)csc1NC(=O)C[NH2+]CCCO. The van der Waals surface area contributed by atoms with Gasteiger partial charge in [0, 0.05) is 24.0 Å². The Balaban J connectivity index is 2.21. The van der Waals surface area contributed by atoms with Crippen LogP contribution in [0, 0.1) is 6.92 Å². The molecule has 1 aromatic heterocycles. The van der Waals surface area contributed by atoms with Crippen molar-refractivity contribution in [2.45, 2.75) is 20.3 Å². The predicted molar refractivity (Wildman–Crippen MR) is 102 cm³/mol. The van der Waals surface area contributed by atoms with Crippen LogP contribution in [0.2, 0.25) is 0 Å². The highest BCUT2D eigenvalue weighted by atomic mass is 32.1. The number of rotatable bonds is 9. The smallest absolute Gasteiger partial charge is 0.341 e. The van der Waals surface area contributed by atoms with E-state index in [2.05, 4.69) is 5.32 Å². The first-order chi connectivity index (χ1) is 12.6. The number of thiophene rings is 1. The van der Waals surface area contributed by atoms with Crippen LogP contribution in [0.25, 0.3) is 11.1 Å². The molecule has 0 bridgehead atoms. The molecule has 140 valence electrons. The second-order valence-corrected chi connectivity index (χ2v) is 6.73. The van der Waals surface area contributed by atoms with Crippen molar-refractivity contribution in [3.63, 3.8) is 0 Å². The van der Waals surface area contributed by atoms with Crippen LogP contribution in [0.1, 0.15) is 29.3 Å². The molecule has 2 rings (SSSR count). The first kappa shape index (κ1) is 20.1. The van der Waals surface area contributed by atoms with E-state index in [-0.39, 0.29) is 25.7 Å². The first-order valence-corrected chi connectivity index (χ1v) is 9.52. The van der Waals surface area contributed by atoms with E-state index in [9.17, 15) is 9.59 Å². The van der Waals surface area contributed by atoms with Gasteiger partial charge in [-0.15, -0.1) is 11.3 Å². The summed E-state index contributed by atoms with van der Waals surface area (Å²) in [6, 6.07) is 7.87. The van der Waals surface area contributed by atoms with Crippen molar-refractivity contribution >= 4 is 28.2 Å². The average molecular weight is 377 g/mol. The summed E-state index contributed by atoms with van der Waals surface area (Å²) in [6.07, 6.45) is 0.637. The lowest BCUT2D eigenvalue weighted by molar-refractivity contribution is -0.644. The number of anilines is 1. The summed E-state index contributed by atoms with van der Waals surface area (Å²) in [4.78, 5) is 24.6. The minimum Gasteiger partial charge on any atom is -0.462 e. The number of hydrogen-bond donors (Lipinski definition) is 3. The number of nitrogens with two attached hydrogens (primary N) is 1. The number of ether oxygens (including phenoxy) is 1. The number of quaternary nitrogens is 1. The maximum atomic E-state index is 12.5. The molecule has 1 heterocycles. The lowest BCUT2D eigenvalue weighted by Crippen LogP contribution is -2.86. The zero-order valence-corrected chi connectivity index (χ0v) is 15.9. The average Bonchev–Trinajstić information content (AvgIpc) is 3.03. The van der Waals surface area contributed by atoms with Crippen LogP contribution in [0.3, 0.4) is 0 Å². The summed E-state index contributed by atoms with van der Waals surface area (Å²) >= 11 is 1.31. The number of aliphatic hydroxyl groups is 1. The second-order valence-electron chi connectivity index (χ2n) is 5.85. The number of aliphatic hydroxyl groups excluding tert-OH is 1. The normalized spacial score (nSPS) is 10.6. The fraction of sp³-hybridized carbons (Fsp3) is 0.368. The quantitative estimate of drug-likeness (QED) is 0.459. The lowest BCUT2D eigenvalue weighted by atomic mass is 10.0. The molecule has 0 aliphatic rings. The largest absolute Gasteiger partial charge is 0.462 e. The molecule has 1 aromatic carbocycles. The van der Waals surface area contributed by atoms with Crippen molar-refractivity contribution in [2.24, 2.45) is 0 Å². The van der Waals surface area contributed by atoms with Crippen molar-refractivity contribution in [3.05, 3.63) is 40.8 Å². The third-order valence-electron chi connectivity index (χ3n) is 3.78. The highest BCUT2D eigenvalue weighted by Gasteiger charge is 2.23. The summed E-state index contributed by atoms with van der Waals surface area (Å²) < 4.78 is 5.19. The maximum Gasteiger partial charge on any atom is 0.341 e. The Morgan fingerprint density at radius 3 is 2.65 bits per heavy atom. The molecular weight excluding hydrogens is 352 g/mol. The molecule has 0 atom stereocenters. The zero-order valence-electron chi connectivity index (χ0n) is 15.1. The van der Waals surface area contributed by atoms with Gasteiger partial charge in [-0.3, -0.25) is 4.79 Å². The number of aryl methyl sites for hydroxylation is 1. The Bertz CT molecular complexity index is 740. The predicted octanol–water partition coefficient (Wildman–Crippen LogP) is 1.78. The third-order valence-corrected chi connectivity index (χ3v) is 4.68. The maximum absolute atomic E-state index is 12.5. The van der Waals surface area contributed by atoms with Gasteiger partial charge in [0.2, 0.25) is 0 Å². The van der Waals surface area contributed by atoms with E-state index < -0.39 is 5.97 Å². The first-order valence-electron chi connectivity index (χ1n) is 8.64. The van der Waals surface area contributed by atoms with Crippen LogP contribution in [-0.4, -0.2) is 43.3 Å². The number of esters is 1. The molecule has 4 N–H and O–H groups in total. The number of benzene rings is 1. The minimum absolute atomic E-state index is 0.107. The summed E-state index contributed by atoms with van der Waals surface area (Å²) in [5.41, 5.74) is 3.19. The fourth-order valence-corrected chi connectivity index (χ4v) is 3.42. The number of hydrogen-bond acceptors (Lipinski definition) is 5. The number of carbonyl (C=O) groups is 2. The molecule has 0 saturated carbocycles. The summed E-state index contributed by atoms with van der Waals surface area (Å²) in [6.45, 7) is 5.04. The molecule has 0 aliphatic heterocycles. The van der Waals surface area contributed by atoms with E-state index >= 15 is 0 Å². The van der Waals surface area contributed by atoms with Crippen LogP contribution in [0.15, 0.2) is 29.6 Å². The molecule has 0 saturated heterocycles. The molecule has 0 spiro atoms. The molecule has 2 aromatic rings. The molecule has 0 unspecified atom stereocenters. The highest BCUT2D eigenvalue weighted by molar-refractivity contribution is 7.15. The molecule has 0 fully saturated rings. The van der Waals surface area contributed by atoms with Crippen molar-refractivity contribution in [2.75, 3.05) is 31.6 Å². The van der Waals surface area contributed by atoms with E-state index in [0.717, 1.165) is 16.7 Å². The van der Waals surface area contributed by atoms with Crippen molar-refractivity contribution in [3.8, 4) is 11.1 Å². The third kappa shape index (κ3) is 5.39. The van der Waals surface area contributed by atoms with Crippen LogP contribution in [0.4, 0.5) is 5.00 Å². The standard InChI is InChI=1S/C19H24N2O4S/c1-3-25-19(24)17-15(14-7-5-13(2)6-8-14)12-26-18(17)21-16(23)11-20-9-4-10-22/h5-8,12,20,22H,3-4,9-11H2,1-2H3,(H,21,23)/p+1. The summed E-state index contributed by atoms with van der Waals surface area (Å²) in [7, 11) is 0. The summed E-state index contributed by atoms with van der Waals surface area (Å²) in [5, 5.41) is 15.8. The van der Waals surface area contributed by atoms with Gasteiger partial charge in [0.1, 0.15) is 10.6 Å². The van der Waals surface area contributed by atoms with Gasteiger partial charge in [0.05, 0.1) is 13.2 Å². The minimum atomic E-state index is -0.441. The Morgan fingerprint density at radius 2 is 2.00 bits per heavy atom. The van der Waals surface area contributed by atoms with E-state index in [0.29, 0.717) is 23.5 Å². The summed E-state index contributed by atoms with van der Waals surface area (Å²) in [5.74, 6) is -0.630. The lowest BCUT2D eigenvalue weighted by Gasteiger charge is -2.09. The molecule has 0 radical (unpaired) electrons. The molecule has 26 heavy (non-hydrogen) atoms. The van der Waals surface area contributed by atoms with Crippen LogP contribution < -0.4 is 10.6 Å². The number of nitrogens with one attached hydrogen (secondary N) is 1. The topological polar surface area (TPSA) is 92.2 Å². The van der Waals surface area contributed by atoms with Crippen molar-refractivity contribution in [1.29, 1.82) is 0 Å². The van der Waals surface area contributed by atoms with Gasteiger partial charge >= 0.3 is 5.97 Å². The molecule has 0 aliphatic carbocycles. The van der Waals surface area contributed by atoms with Gasteiger partial charge in [-0.25, -0.2) is 4.79 Å². The van der Waals surface area contributed by atoms with Crippen LogP contribution >= 0.6 is 11.3 Å². The van der Waals surface area contributed by atoms with Gasteiger partial charge in [0.25, 0.3) is 5.91 Å². The zero-order chi connectivity index (χ0) is 18.9.